The average Bonchev–Trinajstić information content (AvgIpc) is 3.43. The lowest BCUT2D eigenvalue weighted by Gasteiger charge is -2.12. The molecule has 0 fully saturated rings. The molecule has 0 saturated carbocycles. The zero-order chi connectivity index (χ0) is 28.6. The number of para-hydroxylation sites is 2. The number of aromatic nitrogens is 3. The van der Waals surface area contributed by atoms with Gasteiger partial charge in [-0.3, -0.25) is 0 Å². The van der Waals surface area contributed by atoms with Crippen LogP contribution >= 0.6 is 0 Å². The van der Waals surface area contributed by atoms with Crippen molar-refractivity contribution in [2.45, 2.75) is 12.8 Å². The predicted octanol–water partition coefficient (Wildman–Crippen LogP) is 10.3. The first-order chi connectivity index (χ1) is 21.3. The molecule has 204 valence electrons. The Morgan fingerprint density at radius 1 is 0.488 bits per heavy atom. The standard InChI is InChI=1S/C40H29N3/c1-3-12-29(13-4-1)36-27-37(30-14-5-2-6-15-30)42-40(41-36)32-17-11-16-31(26-32)28-22-24-33(25-23-28)43-38-20-9-7-18-34(38)35-19-8-10-21-39(35)43/h1,3-5,7-27H,2,6H2. The van der Waals surface area contributed by atoms with E-state index in [0.29, 0.717) is 0 Å². The molecule has 0 atom stereocenters. The lowest BCUT2D eigenvalue weighted by Crippen LogP contribution is -1.99. The van der Waals surface area contributed by atoms with Crippen LogP contribution in [0.3, 0.4) is 0 Å². The van der Waals surface area contributed by atoms with Gasteiger partial charge in [0.25, 0.3) is 0 Å². The number of rotatable bonds is 5. The van der Waals surface area contributed by atoms with Crippen LogP contribution in [0.15, 0.2) is 152 Å². The fourth-order valence-corrected chi connectivity index (χ4v) is 6.13. The van der Waals surface area contributed by atoms with Crippen LogP contribution in [0.5, 0.6) is 0 Å². The highest BCUT2D eigenvalue weighted by Crippen LogP contribution is 2.34. The Bertz CT molecular complexity index is 2110. The van der Waals surface area contributed by atoms with Crippen LogP contribution in [0.25, 0.3) is 66.8 Å². The van der Waals surface area contributed by atoms with E-state index in [2.05, 4.69) is 150 Å². The molecule has 1 aliphatic rings. The van der Waals surface area contributed by atoms with E-state index in [0.717, 1.165) is 63.6 Å². The highest BCUT2D eigenvalue weighted by Gasteiger charge is 2.14. The Balaban J connectivity index is 1.19. The van der Waals surface area contributed by atoms with Gasteiger partial charge in [-0.25, -0.2) is 9.97 Å². The van der Waals surface area contributed by atoms with Gasteiger partial charge >= 0.3 is 0 Å². The van der Waals surface area contributed by atoms with Crippen LogP contribution in [-0.2, 0) is 0 Å². The largest absolute Gasteiger partial charge is 0.309 e. The van der Waals surface area contributed by atoms with Crippen molar-refractivity contribution in [1.82, 2.24) is 14.5 Å². The molecule has 0 unspecified atom stereocenters. The van der Waals surface area contributed by atoms with Gasteiger partial charge in [-0.15, -0.1) is 0 Å². The fraction of sp³-hybridized carbons (Fsp3) is 0.0500. The van der Waals surface area contributed by atoms with Gasteiger partial charge in [-0.2, -0.15) is 0 Å². The number of allylic oxidation sites excluding steroid dienone is 4. The third-order valence-electron chi connectivity index (χ3n) is 8.25. The zero-order valence-electron chi connectivity index (χ0n) is 23.7. The molecule has 0 aliphatic heterocycles. The van der Waals surface area contributed by atoms with Crippen LogP contribution in [0.4, 0.5) is 0 Å². The first-order valence-corrected chi connectivity index (χ1v) is 14.8. The second kappa shape index (κ2) is 10.7. The summed E-state index contributed by atoms with van der Waals surface area (Å²) in [7, 11) is 0. The number of nitrogens with zero attached hydrogens (tertiary/aromatic N) is 3. The van der Waals surface area contributed by atoms with Crippen molar-refractivity contribution in [2.24, 2.45) is 0 Å². The Morgan fingerprint density at radius 3 is 1.86 bits per heavy atom. The second-order valence-corrected chi connectivity index (χ2v) is 11.0. The lowest BCUT2D eigenvalue weighted by molar-refractivity contribution is 1.03. The molecule has 0 bridgehead atoms. The number of hydrogen-bond donors (Lipinski definition) is 0. The third kappa shape index (κ3) is 4.65. The zero-order valence-corrected chi connectivity index (χ0v) is 23.7. The van der Waals surface area contributed by atoms with Crippen LogP contribution < -0.4 is 0 Å². The Morgan fingerprint density at radius 2 is 1.14 bits per heavy atom. The van der Waals surface area contributed by atoms with E-state index < -0.39 is 0 Å². The molecule has 0 amide bonds. The van der Waals surface area contributed by atoms with Crippen molar-refractivity contribution >= 4 is 27.4 Å². The number of benzene rings is 5. The monoisotopic (exact) mass is 551 g/mol. The van der Waals surface area contributed by atoms with E-state index >= 15 is 0 Å². The van der Waals surface area contributed by atoms with E-state index in [4.69, 9.17) is 9.97 Å². The maximum atomic E-state index is 5.06. The molecule has 8 rings (SSSR count). The van der Waals surface area contributed by atoms with Gasteiger partial charge in [-0.05, 0) is 65.9 Å². The van der Waals surface area contributed by atoms with Gasteiger partial charge in [0.15, 0.2) is 5.82 Å². The third-order valence-corrected chi connectivity index (χ3v) is 8.25. The normalized spacial score (nSPS) is 13.0. The average molecular weight is 552 g/mol. The van der Waals surface area contributed by atoms with Gasteiger partial charge in [0.2, 0.25) is 0 Å². The lowest BCUT2D eigenvalue weighted by atomic mass is 10.0. The molecular formula is C40H29N3. The smallest absolute Gasteiger partial charge is 0.160 e. The highest BCUT2D eigenvalue weighted by molar-refractivity contribution is 6.09. The van der Waals surface area contributed by atoms with Crippen LogP contribution in [0, 0.1) is 0 Å². The summed E-state index contributed by atoms with van der Waals surface area (Å²) < 4.78 is 2.35. The summed E-state index contributed by atoms with van der Waals surface area (Å²) >= 11 is 0. The minimum absolute atomic E-state index is 0.736. The quantitative estimate of drug-likeness (QED) is 0.213. The molecule has 0 spiro atoms. The van der Waals surface area contributed by atoms with Gasteiger partial charge in [0, 0.05) is 27.6 Å². The van der Waals surface area contributed by atoms with Crippen molar-refractivity contribution < 1.29 is 0 Å². The summed E-state index contributed by atoms with van der Waals surface area (Å²) in [5.41, 5.74) is 11.0. The van der Waals surface area contributed by atoms with E-state index in [1.807, 2.05) is 6.07 Å². The van der Waals surface area contributed by atoms with Crippen LogP contribution in [-0.4, -0.2) is 14.5 Å². The fourth-order valence-electron chi connectivity index (χ4n) is 6.13. The van der Waals surface area contributed by atoms with Gasteiger partial charge < -0.3 is 4.57 Å². The summed E-state index contributed by atoms with van der Waals surface area (Å²) in [4.78, 5) is 10.1. The number of hydrogen-bond acceptors (Lipinski definition) is 2. The van der Waals surface area contributed by atoms with Crippen molar-refractivity contribution in [3.63, 3.8) is 0 Å². The van der Waals surface area contributed by atoms with Gasteiger partial charge in [0.1, 0.15) is 0 Å². The summed E-state index contributed by atoms with van der Waals surface area (Å²) in [5.74, 6) is 0.736. The first-order valence-electron chi connectivity index (χ1n) is 14.8. The minimum Gasteiger partial charge on any atom is -0.309 e. The summed E-state index contributed by atoms with van der Waals surface area (Å²) in [6.07, 6.45) is 8.79. The van der Waals surface area contributed by atoms with Crippen molar-refractivity contribution in [3.05, 3.63) is 157 Å². The van der Waals surface area contributed by atoms with E-state index in [1.165, 1.54) is 21.8 Å². The minimum atomic E-state index is 0.736. The Labute approximate surface area is 251 Å². The second-order valence-electron chi connectivity index (χ2n) is 11.0. The van der Waals surface area contributed by atoms with Crippen LogP contribution in [0.1, 0.15) is 18.5 Å². The molecular weight excluding hydrogens is 522 g/mol. The highest BCUT2D eigenvalue weighted by atomic mass is 15.0. The summed E-state index contributed by atoms with van der Waals surface area (Å²) in [6.45, 7) is 0. The molecule has 43 heavy (non-hydrogen) atoms. The number of fused-ring (bicyclic) bond motifs is 3. The molecule has 7 aromatic rings. The molecule has 0 saturated heterocycles. The van der Waals surface area contributed by atoms with Gasteiger partial charge in [-0.1, -0.05) is 115 Å². The molecule has 0 radical (unpaired) electrons. The molecule has 1 aliphatic carbocycles. The summed E-state index contributed by atoms with van der Waals surface area (Å²) in [6, 6.07) is 47.1. The maximum absolute atomic E-state index is 5.06. The van der Waals surface area contributed by atoms with E-state index in [-0.39, 0.29) is 0 Å². The van der Waals surface area contributed by atoms with E-state index in [9.17, 15) is 0 Å². The van der Waals surface area contributed by atoms with Crippen molar-refractivity contribution in [2.75, 3.05) is 0 Å². The van der Waals surface area contributed by atoms with Gasteiger partial charge in [0.05, 0.1) is 22.4 Å². The Hall–Kier alpha value is -5.54. The van der Waals surface area contributed by atoms with Crippen molar-refractivity contribution in [3.8, 4) is 39.5 Å². The maximum Gasteiger partial charge on any atom is 0.160 e. The topological polar surface area (TPSA) is 30.7 Å². The van der Waals surface area contributed by atoms with Crippen molar-refractivity contribution in [1.29, 1.82) is 0 Å². The van der Waals surface area contributed by atoms with Crippen LogP contribution in [0.2, 0.25) is 0 Å². The SMILES string of the molecule is C1=CC(c2cc(-c3ccccc3)nc(-c3cccc(-c4ccc(-n5c6ccccc6c6ccccc65)cc4)c3)n2)=CCC1. The van der Waals surface area contributed by atoms with E-state index in [1.54, 1.807) is 0 Å². The predicted molar refractivity (Wildman–Crippen MR) is 179 cm³/mol. The Kier molecular flexibility index (Phi) is 6.27. The molecule has 3 heteroatoms. The molecule has 0 N–H and O–H groups in total. The molecule has 2 heterocycles. The molecule has 2 aromatic heterocycles. The first kappa shape index (κ1) is 25.2. The summed E-state index contributed by atoms with van der Waals surface area (Å²) in [5, 5.41) is 2.54. The molecule has 3 nitrogen and oxygen atoms in total. The molecule has 5 aromatic carbocycles.